The van der Waals surface area contributed by atoms with E-state index in [1.54, 1.807) is 13.4 Å². The Morgan fingerprint density at radius 2 is 2.12 bits per heavy atom. The van der Waals surface area contributed by atoms with E-state index in [0.717, 1.165) is 36.0 Å². The second-order valence-corrected chi connectivity index (χ2v) is 6.33. The zero-order valence-electron chi connectivity index (χ0n) is 14.2. The van der Waals surface area contributed by atoms with Crippen LogP contribution in [0.5, 0.6) is 5.75 Å². The van der Waals surface area contributed by atoms with Gasteiger partial charge in [-0.2, -0.15) is 5.26 Å². The Hall–Kier alpha value is -2.32. The van der Waals surface area contributed by atoms with E-state index in [1.165, 1.54) is 12.8 Å². The van der Waals surface area contributed by atoms with E-state index in [1.807, 2.05) is 24.3 Å². The molecule has 5 nitrogen and oxygen atoms in total. The van der Waals surface area contributed by atoms with Crippen molar-refractivity contribution >= 4 is 0 Å². The van der Waals surface area contributed by atoms with E-state index in [2.05, 4.69) is 22.9 Å². The summed E-state index contributed by atoms with van der Waals surface area (Å²) in [6, 6.07) is 10.4. The number of methoxy groups -OCH3 is 1. The van der Waals surface area contributed by atoms with Crippen LogP contribution in [0.25, 0.3) is 11.5 Å². The minimum atomic E-state index is 0.486. The molecule has 1 saturated carbocycles. The molecule has 24 heavy (non-hydrogen) atoms. The summed E-state index contributed by atoms with van der Waals surface area (Å²) in [5.74, 6) is 2.19. The molecule has 1 aliphatic rings. The number of hydrogen-bond donors (Lipinski definition) is 0. The summed E-state index contributed by atoms with van der Waals surface area (Å²) in [5.41, 5.74) is 1.84. The van der Waals surface area contributed by atoms with Gasteiger partial charge >= 0.3 is 0 Å². The van der Waals surface area contributed by atoms with Gasteiger partial charge in [0.2, 0.25) is 5.89 Å². The van der Waals surface area contributed by atoms with Gasteiger partial charge in [-0.1, -0.05) is 0 Å². The van der Waals surface area contributed by atoms with Gasteiger partial charge in [0.05, 0.1) is 18.9 Å². The SMILES string of the molecule is COc1ccc(-c2nc(CN(CCC#N)[C@H](C)C3CC3)co2)cc1. The van der Waals surface area contributed by atoms with E-state index in [4.69, 9.17) is 14.4 Å². The second kappa shape index (κ2) is 7.50. The monoisotopic (exact) mass is 325 g/mol. The molecule has 0 bridgehead atoms. The standard InChI is InChI=1S/C19H23N3O2/c1-14(15-4-5-15)22(11-3-10-20)12-17-13-24-19(21-17)16-6-8-18(23-2)9-7-16/h6-9,13-15H,3-5,11-12H2,1-2H3/t14-/m1/s1. The summed E-state index contributed by atoms with van der Waals surface area (Å²) in [6.07, 6.45) is 4.85. The normalized spacial score (nSPS) is 15.2. The van der Waals surface area contributed by atoms with Crippen molar-refractivity contribution in [3.63, 3.8) is 0 Å². The third-order valence-corrected chi connectivity index (χ3v) is 4.64. The van der Waals surface area contributed by atoms with Crippen molar-refractivity contribution in [2.75, 3.05) is 13.7 Å². The lowest BCUT2D eigenvalue weighted by molar-refractivity contribution is 0.183. The van der Waals surface area contributed by atoms with E-state index in [0.29, 0.717) is 18.4 Å². The summed E-state index contributed by atoms with van der Waals surface area (Å²) < 4.78 is 10.8. The topological polar surface area (TPSA) is 62.3 Å². The van der Waals surface area contributed by atoms with Crippen LogP contribution in [-0.4, -0.2) is 29.6 Å². The molecule has 126 valence electrons. The Labute approximate surface area is 142 Å². The van der Waals surface area contributed by atoms with Crippen LogP contribution in [0.4, 0.5) is 0 Å². The lowest BCUT2D eigenvalue weighted by Gasteiger charge is -2.27. The third-order valence-electron chi connectivity index (χ3n) is 4.64. The molecule has 0 saturated heterocycles. The number of nitriles is 1. The van der Waals surface area contributed by atoms with Crippen LogP contribution in [0.15, 0.2) is 34.9 Å². The van der Waals surface area contributed by atoms with Crippen LogP contribution in [0, 0.1) is 17.2 Å². The summed E-state index contributed by atoms with van der Waals surface area (Å²) in [5, 5.41) is 8.89. The van der Waals surface area contributed by atoms with Gasteiger partial charge in [0.25, 0.3) is 0 Å². The van der Waals surface area contributed by atoms with Crippen molar-refractivity contribution < 1.29 is 9.15 Å². The molecule has 0 amide bonds. The maximum atomic E-state index is 8.89. The fourth-order valence-corrected chi connectivity index (χ4v) is 2.95. The summed E-state index contributed by atoms with van der Waals surface area (Å²) in [4.78, 5) is 6.96. The molecular weight excluding hydrogens is 302 g/mol. The molecule has 1 atom stereocenters. The molecule has 3 rings (SSSR count). The predicted octanol–water partition coefficient (Wildman–Crippen LogP) is 3.86. The maximum absolute atomic E-state index is 8.89. The number of hydrogen-bond acceptors (Lipinski definition) is 5. The highest BCUT2D eigenvalue weighted by atomic mass is 16.5. The molecular formula is C19H23N3O2. The quantitative estimate of drug-likeness (QED) is 0.737. The van der Waals surface area contributed by atoms with Crippen molar-refractivity contribution in [3.05, 3.63) is 36.2 Å². The molecule has 0 radical (unpaired) electrons. The molecule has 0 spiro atoms. The highest BCUT2D eigenvalue weighted by Crippen LogP contribution is 2.35. The summed E-state index contributed by atoms with van der Waals surface area (Å²) in [7, 11) is 1.65. The van der Waals surface area contributed by atoms with Crippen molar-refractivity contribution in [1.29, 1.82) is 5.26 Å². The molecule has 1 aromatic heterocycles. The second-order valence-electron chi connectivity index (χ2n) is 6.33. The van der Waals surface area contributed by atoms with Gasteiger partial charge in [0, 0.05) is 31.1 Å². The van der Waals surface area contributed by atoms with Crippen molar-refractivity contribution in [2.45, 2.75) is 38.8 Å². The number of ether oxygens (including phenoxy) is 1. The summed E-state index contributed by atoms with van der Waals surface area (Å²) in [6.45, 7) is 3.75. The minimum absolute atomic E-state index is 0.486. The van der Waals surface area contributed by atoms with Crippen LogP contribution in [0.3, 0.4) is 0 Å². The molecule has 1 aliphatic carbocycles. The zero-order chi connectivity index (χ0) is 16.9. The minimum Gasteiger partial charge on any atom is -0.497 e. The predicted molar refractivity (Wildman–Crippen MR) is 91.3 cm³/mol. The Bertz CT molecular complexity index is 698. The van der Waals surface area contributed by atoms with Crippen LogP contribution < -0.4 is 4.74 Å². The molecule has 1 fully saturated rings. The van der Waals surface area contributed by atoms with Crippen molar-refractivity contribution in [3.8, 4) is 23.3 Å². The van der Waals surface area contributed by atoms with Gasteiger partial charge in [0.1, 0.15) is 12.0 Å². The average Bonchev–Trinajstić information content (AvgIpc) is 3.37. The zero-order valence-corrected chi connectivity index (χ0v) is 14.2. The highest BCUT2D eigenvalue weighted by Gasteiger charge is 2.32. The molecule has 1 heterocycles. The van der Waals surface area contributed by atoms with Crippen LogP contribution in [0.1, 0.15) is 31.9 Å². The first-order valence-electron chi connectivity index (χ1n) is 8.41. The third kappa shape index (κ3) is 3.95. The largest absolute Gasteiger partial charge is 0.497 e. The highest BCUT2D eigenvalue weighted by molar-refractivity contribution is 5.54. The molecule has 5 heteroatoms. The molecule has 2 aromatic rings. The van der Waals surface area contributed by atoms with Crippen molar-refractivity contribution in [2.24, 2.45) is 5.92 Å². The van der Waals surface area contributed by atoms with Gasteiger partial charge < -0.3 is 9.15 Å². The molecule has 0 aliphatic heterocycles. The van der Waals surface area contributed by atoms with Crippen LogP contribution in [-0.2, 0) is 6.54 Å². The number of rotatable bonds is 8. The molecule has 1 aromatic carbocycles. The smallest absolute Gasteiger partial charge is 0.226 e. The number of nitrogens with zero attached hydrogens (tertiary/aromatic N) is 3. The molecule has 0 N–H and O–H groups in total. The lowest BCUT2D eigenvalue weighted by atomic mass is 10.1. The Kier molecular flexibility index (Phi) is 5.17. The number of oxazole rings is 1. The van der Waals surface area contributed by atoms with Gasteiger partial charge in [-0.05, 0) is 49.9 Å². The van der Waals surface area contributed by atoms with Gasteiger partial charge in [-0.3, -0.25) is 4.90 Å². The van der Waals surface area contributed by atoms with Crippen LogP contribution >= 0.6 is 0 Å². The first-order chi connectivity index (χ1) is 11.7. The van der Waals surface area contributed by atoms with Gasteiger partial charge in [-0.15, -0.1) is 0 Å². The number of aromatic nitrogens is 1. The first kappa shape index (κ1) is 16.5. The van der Waals surface area contributed by atoms with Gasteiger partial charge in [-0.25, -0.2) is 4.98 Å². The lowest BCUT2D eigenvalue weighted by Crippen LogP contribution is -2.35. The fraction of sp³-hybridized carbons (Fsp3) is 0.474. The van der Waals surface area contributed by atoms with E-state index in [-0.39, 0.29) is 0 Å². The van der Waals surface area contributed by atoms with Crippen LogP contribution in [0.2, 0.25) is 0 Å². The Morgan fingerprint density at radius 3 is 2.75 bits per heavy atom. The first-order valence-corrected chi connectivity index (χ1v) is 8.41. The van der Waals surface area contributed by atoms with Gasteiger partial charge in [0.15, 0.2) is 0 Å². The van der Waals surface area contributed by atoms with Crippen molar-refractivity contribution in [1.82, 2.24) is 9.88 Å². The Morgan fingerprint density at radius 1 is 1.38 bits per heavy atom. The fourth-order valence-electron chi connectivity index (χ4n) is 2.95. The van der Waals surface area contributed by atoms with E-state index in [9.17, 15) is 0 Å². The van der Waals surface area contributed by atoms with E-state index < -0.39 is 0 Å². The summed E-state index contributed by atoms with van der Waals surface area (Å²) >= 11 is 0. The molecule has 0 unspecified atom stereocenters. The average molecular weight is 325 g/mol. The number of benzene rings is 1. The maximum Gasteiger partial charge on any atom is 0.226 e. The van der Waals surface area contributed by atoms with E-state index >= 15 is 0 Å². The Balaban J connectivity index is 1.69.